The summed E-state index contributed by atoms with van der Waals surface area (Å²) in [5, 5.41) is 14.4. The zero-order valence-electron chi connectivity index (χ0n) is 40.1. The lowest BCUT2D eigenvalue weighted by molar-refractivity contribution is -0.160. The third-order valence-corrected chi connectivity index (χ3v) is 13.8. The Labute approximate surface area is 419 Å². The molecule has 0 amide bonds. The number of aromatic nitrogens is 8. The minimum Gasteiger partial charge on any atom is -0.390 e. The quantitative estimate of drug-likeness (QED) is 0.0964. The van der Waals surface area contributed by atoms with E-state index in [4.69, 9.17) is 19.9 Å². The summed E-state index contributed by atoms with van der Waals surface area (Å²) in [6, 6.07) is 43.6. The van der Waals surface area contributed by atoms with Gasteiger partial charge in [0.2, 0.25) is 0 Å². The van der Waals surface area contributed by atoms with Gasteiger partial charge in [0.1, 0.15) is 36.1 Å². The number of hydrogen-bond acceptors (Lipinski definition) is 9. The van der Waals surface area contributed by atoms with Crippen LogP contribution in [0.5, 0.6) is 0 Å². The first-order valence-electron chi connectivity index (χ1n) is 23.9. The maximum atomic E-state index is 15.3. The van der Waals surface area contributed by atoms with E-state index in [1.54, 1.807) is 83.6 Å². The van der Waals surface area contributed by atoms with E-state index < -0.39 is 36.7 Å². The van der Waals surface area contributed by atoms with Gasteiger partial charge in [0, 0.05) is 71.6 Å². The summed E-state index contributed by atoms with van der Waals surface area (Å²) >= 11 is 0. The molecule has 13 nitrogen and oxygen atoms in total. The van der Waals surface area contributed by atoms with Crippen molar-refractivity contribution in [1.29, 1.82) is 0 Å². The number of benzene rings is 6. The molecule has 12 rings (SSSR count). The van der Waals surface area contributed by atoms with Crippen molar-refractivity contribution in [2.24, 2.45) is 0 Å². The fourth-order valence-electron chi connectivity index (χ4n) is 10.5. The maximum Gasteiger partial charge on any atom is 0.333 e. The van der Waals surface area contributed by atoms with Gasteiger partial charge >= 0.3 is 11.9 Å². The molecule has 0 aliphatic carbocycles. The summed E-state index contributed by atoms with van der Waals surface area (Å²) in [5.74, 6) is -2.84. The van der Waals surface area contributed by atoms with E-state index in [1.807, 2.05) is 73.7 Å². The van der Waals surface area contributed by atoms with Crippen LogP contribution in [0.1, 0.15) is 28.3 Å². The molecule has 0 fully saturated rings. The molecular weight excluding hydrogens is 939 g/mol. The van der Waals surface area contributed by atoms with Crippen molar-refractivity contribution in [2.75, 3.05) is 0 Å². The van der Waals surface area contributed by atoms with E-state index in [0.717, 1.165) is 33.1 Å². The summed E-state index contributed by atoms with van der Waals surface area (Å²) < 4.78 is 42.1. The van der Waals surface area contributed by atoms with Gasteiger partial charge in [-0.2, -0.15) is 10.2 Å². The number of esters is 2. The van der Waals surface area contributed by atoms with E-state index in [2.05, 4.69) is 4.98 Å². The molecule has 0 spiro atoms. The van der Waals surface area contributed by atoms with Crippen LogP contribution in [0.25, 0.3) is 87.7 Å². The van der Waals surface area contributed by atoms with Gasteiger partial charge in [-0.15, -0.1) is 0 Å². The van der Waals surface area contributed by atoms with Crippen molar-refractivity contribution < 1.29 is 23.1 Å². The topological polar surface area (TPSA) is 149 Å². The summed E-state index contributed by atoms with van der Waals surface area (Å²) in [4.78, 5) is 65.6. The number of aryl methyl sites for hydroxylation is 1. The SMILES string of the molecule is Cc1cc(Cn2nc(-c3c(C)n(CC(=O)OC(=O)Cn4c(C)c(-c5nn(Cc6ccc7ccccc7n6)c(=O)c6ccccc56)c5cc(F)ccc54)c4ccc(F)cc34)c3ccccc3c2=O)c2ccccc2n1. The molecule has 0 atom stereocenters. The Morgan fingerprint density at radius 2 is 0.986 bits per heavy atom. The van der Waals surface area contributed by atoms with E-state index in [-0.39, 0.29) is 24.2 Å². The fraction of sp³-hybridized carbons (Fsp3) is 0.119. The molecule has 0 bridgehead atoms. The van der Waals surface area contributed by atoms with Crippen LogP contribution in [0.2, 0.25) is 0 Å². The Morgan fingerprint density at radius 1 is 0.500 bits per heavy atom. The molecule has 362 valence electrons. The Morgan fingerprint density at radius 3 is 1.55 bits per heavy atom. The number of halogens is 2. The molecule has 6 heterocycles. The number of carbonyl (C=O) groups excluding carboxylic acids is 2. The third kappa shape index (κ3) is 7.85. The van der Waals surface area contributed by atoms with Crippen LogP contribution in [-0.4, -0.2) is 50.6 Å². The highest BCUT2D eigenvalue weighted by atomic mass is 19.1. The van der Waals surface area contributed by atoms with Crippen LogP contribution >= 0.6 is 0 Å². The number of pyridine rings is 2. The Hall–Kier alpha value is -9.50. The van der Waals surface area contributed by atoms with Crippen LogP contribution in [0.15, 0.2) is 161 Å². The first-order chi connectivity index (χ1) is 35.9. The Kier molecular flexibility index (Phi) is 11.1. The molecule has 0 saturated heterocycles. The molecule has 12 aromatic rings. The van der Waals surface area contributed by atoms with E-state index >= 15 is 8.78 Å². The Balaban J connectivity index is 0.885. The number of fused-ring (bicyclic) bond motifs is 6. The van der Waals surface area contributed by atoms with Gasteiger partial charge in [-0.05, 0) is 99.1 Å². The molecule has 74 heavy (non-hydrogen) atoms. The van der Waals surface area contributed by atoms with Gasteiger partial charge in [0.05, 0.1) is 40.6 Å². The van der Waals surface area contributed by atoms with Gasteiger partial charge < -0.3 is 13.9 Å². The van der Waals surface area contributed by atoms with Gasteiger partial charge in [0.15, 0.2) is 0 Å². The predicted octanol–water partition coefficient (Wildman–Crippen LogP) is 10.5. The molecule has 0 unspecified atom stereocenters. The summed E-state index contributed by atoms with van der Waals surface area (Å²) in [6.45, 7) is 4.71. The van der Waals surface area contributed by atoms with Crippen molar-refractivity contribution in [3.05, 3.63) is 212 Å². The first-order valence-corrected chi connectivity index (χ1v) is 23.9. The number of nitrogens with zero attached hydrogens (tertiary/aromatic N) is 8. The lowest BCUT2D eigenvalue weighted by Gasteiger charge is -2.14. The molecule has 15 heteroatoms. The molecule has 0 N–H and O–H groups in total. The van der Waals surface area contributed by atoms with Crippen molar-refractivity contribution in [3.8, 4) is 22.5 Å². The van der Waals surface area contributed by atoms with Gasteiger partial charge in [0.25, 0.3) is 11.1 Å². The monoisotopic (exact) mass is 980 g/mol. The predicted molar refractivity (Wildman–Crippen MR) is 281 cm³/mol. The second-order valence-corrected chi connectivity index (χ2v) is 18.4. The largest absolute Gasteiger partial charge is 0.390 e. The minimum absolute atomic E-state index is 0.0534. The number of rotatable bonds is 10. The third-order valence-electron chi connectivity index (χ3n) is 13.8. The highest BCUT2D eigenvalue weighted by Gasteiger charge is 2.27. The fourth-order valence-corrected chi connectivity index (χ4v) is 10.5. The lowest BCUT2D eigenvalue weighted by Crippen LogP contribution is -2.25. The van der Waals surface area contributed by atoms with Crippen molar-refractivity contribution in [2.45, 2.75) is 47.0 Å². The number of ether oxygens (including phenoxy) is 1. The maximum absolute atomic E-state index is 15.3. The average molecular weight is 981 g/mol. The Bertz CT molecular complexity index is 4480. The van der Waals surface area contributed by atoms with Crippen LogP contribution in [0, 0.1) is 32.4 Å². The van der Waals surface area contributed by atoms with Gasteiger partial charge in [-0.1, -0.05) is 78.9 Å². The molecule has 0 aliphatic rings. The number of hydrogen-bond donors (Lipinski definition) is 0. The van der Waals surface area contributed by atoms with Crippen molar-refractivity contribution in [3.63, 3.8) is 0 Å². The summed E-state index contributed by atoms with van der Waals surface area (Å²) in [7, 11) is 0. The molecule has 0 aliphatic heterocycles. The van der Waals surface area contributed by atoms with Crippen molar-refractivity contribution in [1.82, 2.24) is 38.7 Å². The first kappa shape index (κ1) is 45.6. The molecule has 0 saturated carbocycles. The zero-order valence-corrected chi connectivity index (χ0v) is 40.1. The van der Waals surface area contributed by atoms with E-state index in [0.29, 0.717) is 82.9 Å². The van der Waals surface area contributed by atoms with Gasteiger partial charge in [-0.25, -0.2) is 27.7 Å². The smallest absolute Gasteiger partial charge is 0.333 e. The molecule has 0 radical (unpaired) electrons. The minimum atomic E-state index is -0.893. The molecular formula is C59H42F2N8O5. The highest BCUT2D eigenvalue weighted by molar-refractivity contribution is 6.07. The average Bonchev–Trinajstić information content (AvgIpc) is 3.82. The van der Waals surface area contributed by atoms with Crippen LogP contribution in [-0.2, 0) is 40.5 Å². The molecule has 6 aromatic carbocycles. The van der Waals surface area contributed by atoms with Crippen LogP contribution in [0.3, 0.4) is 0 Å². The van der Waals surface area contributed by atoms with Gasteiger partial charge in [-0.3, -0.25) is 19.6 Å². The lowest BCUT2D eigenvalue weighted by atomic mass is 10.0. The second kappa shape index (κ2) is 18.0. The number of para-hydroxylation sites is 2. The van der Waals surface area contributed by atoms with E-state index in [9.17, 15) is 19.2 Å². The number of carbonyl (C=O) groups is 2. The second-order valence-electron chi connectivity index (χ2n) is 18.4. The van der Waals surface area contributed by atoms with Crippen LogP contribution < -0.4 is 11.1 Å². The van der Waals surface area contributed by atoms with E-state index in [1.165, 1.54) is 33.6 Å². The summed E-state index contributed by atoms with van der Waals surface area (Å²) in [5.41, 5.74) is 6.86. The van der Waals surface area contributed by atoms with Crippen molar-refractivity contribution >= 4 is 77.1 Å². The summed E-state index contributed by atoms with van der Waals surface area (Å²) in [6.07, 6.45) is 0. The zero-order chi connectivity index (χ0) is 50.9. The van der Waals surface area contributed by atoms with Crippen LogP contribution in [0.4, 0.5) is 8.78 Å². The molecule has 6 aromatic heterocycles. The normalized spacial score (nSPS) is 11.7. The standard InChI is InChI=1S/C59H42F2N8O5/c1-33-26-37(41-13-9-11-19-49(41)62-33)29-68-58(72)44-16-7-5-14-42(44)56(64-68)54-34(2)66(50-24-21-38(60)27-46(50)54)31-52(70)74-53(71)32-67-35(3)55(47-28-39(61)22-25-51(47)67)57-43-15-6-8-17-45(43)59(73)69(65-57)30-40-23-20-36-12-4-10-18-48(36)63-40/h4-28H,29-32H2,1-3H3. The highest BCUT2D eigenvalue weighted by Crippen LogP contribution is 2.39.